The third-order valence-corrected chi connectivity index (χ3v) is 8.77. The lowest BCUT2D eigenvalue weighted by atomic mass is 9.99. The van der Waals surface area contributed by atoms with E-state index in [1.54, 1.807) is 12.1 Å². The van der Waals surface area contributed by atoms with Crippen molar-refractivity contribution >= 4 is 29.2 Å². The quantitative estimate of drug-likeness (QED) is 0.416. The van der Waals surface area contributed by atoms with Crippen LogP contribution in [0.3, 0.4) is 0 Å². The molecule has 3 rings (SSSR count). The van der Waals surface area contributed by atoms with Crippen molar-refractivity contribution in [1.82, 2.24) is 9.62 Å². The van der Waals surface area contributed by atoms with E-state index >= 15 is 0 Å². The van der Waals surface area contributed by atoms with Crippen LogP contribution >= 0.6 is 19.2 Å². The van der Waals surface area contributed by atoms with Crippen molar-refractivity contribution in [3.05, 3.63) is 58.6 Å². The Labute approximate surface area is 202 Å². The Morgan fingerprint density at radius 3 is 2.56 bits per heavy atom. The lowest BCUT2D eigenvalue weighted by molar-refractivity contribution is 0.0565. The fraction of sp³-hybridized carbons (Fsp3) is 0.429. The molecule has 2 aromatic rings. The van der Waals surface area contributed by atoms with Crippen LogP contribution in [0, 0.1) is 5.92 Å². The van der Waals surface area contributed by atoms with Crippen molar-refractivity contribution in [1.29, 1.82) is 0 Å². The minimum Gasteiger partial charge on any atom is -0.495 e. The van der Waals surface area contributed by atoms with E-state index in [9.17, 15) is 21.8 Å². The standard InChI is InChI=1S/C21H26ClF2N2O6PS/c1-32-19-6-2-3-7-20(19)34(30,31)26(14-16-5-4-10-25-12-16)13-15-8-9-17(18(22)11-15)21(23,24)33(27,28)29/h2-3,6-9,11,16,25H,4-5,10,12-14H2,1H3,(H2,27,28,29). The van der Waals surface area contributed by atoms with Gasteiger partial charge in [-0.2, -0.15) is 13.1 Å². The fourth-order valence-corrected chi connectivity index (χ4v) is 6.40. The highest BCUT2D eigenvalue weighted by Crippen LogP contribution is 2.60. The Bertz CT molecular complexity index is 1170. The number of methoxy groups -OCH3 is 1. The first-order chi connectivity index (χ1) is 15.9. The number of ether oxygens (including phenoxy) is 1. The molecule has 1 saturated heterocycles. The Morgan fingerprint density at radius 2 is 1.97 bits per heavy atom. The van der Waals surface area contributed by atoms with Crippen molar-refractivity contribution in [2.45, 2.75) is 29.9 Å². The molecule has 0 saturated carbocycles. The molecule has 1 aliphatic rings. The number of piperidine rings is 1. The van der Waals surface area contributed by atoms with Gasteiger partial charge in [0.2, 0.25) is 10.0 Å². The number of para-hydroxylation sites is 1. The molecular formula is C21H26ClF2N2O6PS. The Balaban J connectivity index is 1.98. The number of halogens is 3. The van der Waals surface area contributed by atoms with Crippen LogP contribution in [0.5, 0.6) is 5.75 Å². The first-order valence-electron chi connectivity index (χ1n) is 10.4. The van der Waals surface area contributed by atoms with E-state index in [0.717, 1.165) is 31.5 Å². The van der Waals surface area contributed by atoms with Crippen LogP contribution in [-0.4, -0.2) is 49.3 Å². The molecule has 1 heterocycles. The molecule has 0 amide bonds. The van der Waals surface area contributed by atoms with Gasteiger partial charge in [0.05, 0.1) is 17.7 Å². The summed E-state index contributed by atoms with van der Waals surface area (Å²) in [5.41, 5.74) is -5.21. The summed E-state index contributed by atoms with van der Waals surface area (Å²) in [5.74, 6) is 0.205. The summed E-state index contributed by atoms with van der Waals surface area (Å²) in [5, 5.41) is 2.67. The van der Waals surface area contributed by atoms with E-state index in [-0.39, 0.29) is 35.2 Å². The third-order valence-electron chi connectivity index (χ3n) is 5.63. The van der Waals surface area contributed by atoms with Crippen LogP contribution in [0.25, 0.3) is 0 Å². The molecule has 1 atom stereocenters. The zero-order chi connectivity index (χ0) is 25.1. The number of hydrogen-bond acceptors (Lipinski definition) is 5. The van der Waals surface area contributed by atoms with E-state index in [4.69, 9.17) is 26.1 Å². The van der Waals surface area contributed by atoms with Gasteiger partial charge in [-0.05, 0) is 55.6 Å². The molecule has 0 aliphatic carbocycles. The van der Waals surface area contributed by atoms with Crippen molar-refractivity contribution in [2.75, 3.05) is 26.7 Å². The number of nitrogens with zero attached hydrogens (tertiary/aromatic N) is 1. The van der Waals surface area contributed by atoms with Crippen molar-refractivity contribution < 1.29 is 36.3 Å². The summed E-state index contributed by atoms with van der Waals surface area (Å²) in [6, 6.07) is 9.28. The van der Waals surface area contributed by atoms with E-state index < -0.39 is 33.9 Å². The molecule has 2 aromatic carbocycles. The molecule has 188 valence electrons. The molecule has 8 nitrogen and oxygen atoms in total. The van der Waals surface area contributed by atoms with Crippen LogP contribution in [0.4, 0.5) is 8.78 Å². The highest BCUT2D eigenvalue weighted by molar-refractivity contribution is 7.89. The maximum absolute atomic E-state index is 14.1. The van der Waals surface area contributed by atoms with Gasteiger partial charge in [-0.25, -0.2) is 8.42 Å². The topological polar surface area (TPSA) is 116 Å². The zero-order valence-corrected chi connectivity index (χ0v) is 20.8. The van der Waals surface area contributed by atoms with Crippen molar-refractivity contribution in [2.24, 2.45) is 5.92 Å². The van der Waals surface area contributed by atoms with E-state index in [0.29, 0.717) is 6.54 Å². The van der Waals surface area contributed by atoms with Crippen molar-refractivity contribution in [3.8, 4) is 5.75 Å². The monoisotopic (exact) mass is 538 g/mol. The van der Waals surface area contributed by atoms with Crippen LogP contribution in [-0.2, 0) is 26.8 Å². The lowest BCUT2D eigenvalue weighted by Crippen LogP contribution is -2.40. The average molecular weight is 539 g/mol. The van der Waals surface area contributed by atoms with E-state index in [2.05, 4.69) is 5.32 Å². The normalized spacial score (nSPS) is 17.7. The minimum absolute atomic E-state index is 0.0305. The van der Waals surface area contributed by atoms with Crippen molar-refractivity contribution in [3.63, 3.8) is 0 Å². The molecule has 0 aromatic heterocycles. The van der Waals surface area contributed by atoms with Crippen LogP contribution in [0.2, 0.25) is 5.02 Å². The Morgan fingerprint density at radius 1 is 1.26 bits per heavy atom. The number of alkyl halides is 2. The molecule has 34 heavy (non-hydrogen) atoms. The van der Waals surface area contributed by atoms with E-state index in [1.807, 2.05) is 0 Å². The number of nitrogens with one attached hydrogen (secondary N) is 1. The SMILES string of the molecule is COc1ccccc1S(=O)(=O)N(Cc1ccc(C(F)(F)P(=O)(O)O)c(Cl)c1)CC1CCCNC1. The maximum atomic E-state index is 14.1. The van der Waals surface area contributed by atoms with Gasteiger partial charge >= 0.3 is 13.3 Å². The van der Waals surface area contributed by atoms with Gasteiger partial charge in [0.25, 0.3) is 0 Å². The molecule has 0 spiro atoms. The molecule has 0 radical (unpaired) electrons. The molecule has 1 fully saturated rings. The van der Waals surface area contributed by atoms with Gasteiger partial charge in [0.1, 0.15) is 10.6 Å². The number of benzene rings is 2. The number of rotatable bonds is 9. The molecule has 3 N–H and O–H groups in total. The first kappa shape index (κ1) is 27.0. The predicted octanol–water partition coefficient (Wildman–Crippen LogP) is 3.77. The summed E-state index contributed by atoms with van der Waals surface area (Å²) >= 11 is 5.95. The fourth-order valence-electron chi connectivity index (χ4n) is 3.85. The minimum atomic E-state index is -5.81. The van der Waals surface area contributed by atoms with Crippen LogP contribution < -0.4 is 10.1 Å². The average Bonchev–Trinajstić information content (AvgIpc) is 2.78. The van der Waals surface area contributed by atoms with Gasteiger partial charge in [0, 0.05) is 13.1 Å². The van der Waals surface area contributed by atoms with Gasteiger partial charge in [-0.15, -0.1) is 0 Å². The summed E-state index contributed by atoms with van der Waals surface area (Å²) in [6.07, 6.45) is 1.71. The molecule has 0 bridgehead atoms. The predicted molar refractivity (Wildman–Crippen MR) is 124 cm³/mol. The van der Waals surface area contributed by atoms with E-state index in [1.165, 1.54) is 29.6 Å². The molecular weight excluding hydrogens is 513 g/mol. The lowest BCUT2D eigenvalue weighted by Gasteiger charge is -2.30. The molecule has 1 unspecified atom stereocenters. The molecule has 13 heteroatoms. The second-order valence-electron chi connectivity index (χ2n) is 8.06. The first-order valence-corrected chi connectivity index (χ1v) is 13.9. The zero-order valence-electron chi connectivity index (χ0n) is 18.3. The van der Waals surface area contributed by atoms with Gasteiger partial charge < -0.3 is 19.8 Å². The third kappa shape index (κ3) is 5.79. The Kier molecular flexibility index (Phi) is 8.40. The van der Waals surface area contributed by atoms with Gasteiger partial charge in [-0.1, -0.05) is 35.9 Å². The summed E-state index contributed by atoms with van der Waals surface area (Å²) in [4.78, 5) is 18.0. The summed E-state index contributed by atoms with van der Waals surface area (Å²) in [6.45, 7) is 1.47. The number of sulfonamides is 1. The maximum Gasteiger partial charge on any atom is 0.399 e. The van der Waals surface area contributed by atoms with Gasteiger partial charge in [-0.3, -0.25) is 4.57 Å². The number of hydrogen-bond donors (Lipinski definition) is 3. The van der Waals surface area contributed by atoms with Crippen LogP contribution in [0.15, 0.2) is 47.4 Å². The second-order valence-corrected chi connectivity index (χ2v) is 12.0. The smallest absolute Gasteiger partial charge is 0.399 e. The summed E-state index contributed by atoms with van der Waals surface area (Å²) < 4.78 is 73.2. The highest BCUT2D eigenvalue weighted by Gasteiger charge is 2.51. The second kappa shape index (κ2) is 10.6. The largest absolute Gasteiger partial charge is 0.495 e. The van der Waals surface area contributed by atoms with Gasteiger partial charge in [0.15, 0.2) is 0 Å². The summed E-state index contributed by atoms with van der Waals surface area (Å²) in [7, 11) is -8.49. The van der Waals surface area contributed by atoms with Crippen LogP contribution in [0.1, 0.15) is 24.0 Å². The highest BCUT2D eigenvalue weighted by atomic mass is 35.5. The molecule has 1 aliphatic heterocycles. The Hall–Kier alpha value is -1.59.